The summed E-state index contributed by atoms with van der Waals surface area (Å²) in [4.78, 5) is 10.3. The van der Waals surface area contributed by atoms with Gasteiger partial charge in [-0.2, -0.15) is 0 Å². The van der Waals surface area contributed by atoms with Gasteiger partial charge in [0.2, 0.25) is 0 Å². The van der Waals surface area contributed by atoms with Gasteiger partial charge in [0.15, 0.2) is 0 Å². The number of aromatic nitrogens is 4. The van der Waals surface area contributed by atoms with Crippen LogP contribution in [0.15, 0.2) is 158 Å². The molecule has 4 heteroatoms. The van der Waals surface area contributed by atoms with Crippen LogP contribution in [0, 0.1) is 0 Å². The van der Waals surface area contributed by atoms with Crippen LogP contribution in [0.1, 0.15) is 0 Å². The predicted molar refractivity (Wildman–Crippen MR) is 191 cm³/mol. The number of pyridine rings is 2. The zero-order valence-corrected chi connectivity index (χ0v) is 24.8. The van der Waals surface area contributed by atoms with Crippen LogP contribution in [0.4, 0.5) is 0 Å². The molecule has 0 fully saturated rings. The molecule has 0 amide bonds. The number of fused-ring (bicyclic) bond motifs is 8. The van der Waals surface area contributed by atoms with E-state index < -0.39 is 0 Å². The molecule has 214 valence electrons. The minimum Gasteiger partial charge on any atom is -0.294 e. The highest BCUT2D eigenvalue weighted by atomic mass is 15.1. The van der Waals surface area contributed by atoms with Gasteiger partial charge in [-0.3, -0.25) is 14.1 Å². The lowest BCUT2D eigenvalue weighted by Gasteiger charge is -2.12. The summed E-state index contributed by atoms with van der Waals surface area (Å²) in [6.07, 6.45) is 1.90. The molecule has 4 aromatic heterocycles. The van der Waals surface area contributed by atoms with Gasteiger partial charge in [-0.1, -0.05) is 109 Å². The minimum atomic E-state index is 0.881. The summed E-state index contributed by atoms with van der Waals surface area (Å²) in [6, 6.07) is 53.9. The van der Waals surface area contributed by atoms with Gasteiger partial charge >= 0.3 is 0 Å². The third kappa shape index (κ3) is 3.55. The van der Waals surface area contributed by atoms with Crippen LogP contribution in [0.2, 0.25) is 0 Å². The molecular weight excluding hydrogens is 560 g/mol. The zero-order valence-electron chi connectivity index (χ0n) is 24.8. The van der Waals surface area contributed by atoms with Crippen molar-refractivity contribution in [2.75, 3.05) is 0 Å². The molecule has 0 saturated carbocycles. The molecule has 0 N–H and O–H groups in total. The van der Waals surface area contributed by atoms with Gasteiger partial charge in [-0.05, 0) is 53.2 Å². The Bertz CT molecular complexity index is 2810. The fourth-order valence-electron chi connectivity index (χ4n) is 7.32. The van der Waals surface area contributed by atoms with E-state index in [9.17, 15) is 0 Å². The molecule has 0 aliphatic heterocycles. The molecule has 6 aromatic carbocycles. The maximum Gasteiger partial charge on any atom is 0.148 e. The quantitative estimate of drug-likeness (QED) is 0.206. The standard InChI is InChI=1S/C42H26N4/c1-3-13-30-27(10-1)12-9-19-36(30)46-38-18-8-6-16-33(38)35-22-23-40(44-42(35)46)45-37-17-7-5-15-32(37)34-21-20-29(26-39(34)45)41-31-14-4-2-11-28(31)24-25-43-41/h1-26H. The summed E-state index contributed by atoms with van der Waals surface area (Å²) in [5.74, 6) is 0.881. The van der Waals surface area contributed by atoms with Crippen molar-refractivity contribution in [3.05, 3.63) is 158 Å². The van der Waals surface area contributed by atoms with Crippen LogP contribution in [-0.4, -0.2) is 19.1 Å². The average molecular weight is 587 g/mol. The third-order valence-corrected chi connectivity index (χ3v) is 9.36. The molecule has 0 unspecified atom stereocenters. The molecule has 0 radical (unpaired) electrons. The fraction of sp³-hybridized carbons (Fsp3) is 0. The first-order valence-corrected chi connectivity index (χ1v) is 15.6. The van der Waals surface area contributed by atoms with Gasteiger partial charge in [0.1, 0.15) is 11.5 Å². The van der Waals surface area contributed by atoms with Crippen LogP contribution in [0.3, 0.4) is 0 Å². The second-order valence-electron chi connectivity index (χ2n) is 11.9. The molecule has 0 aliphatic carbocycles. The van der Waals surface area contributed by atoms with E-state index >= 15 is 0 Å². The largest absolute Gasteiger partial charge is 0.294 e. The lowest BCUT2D eigenvalue weighted by atomic mass is 10.0. The van der Waals surface area contributed by atoms with Gasteiger partial charge in [0, 0.05) is 44.1 Å². The van der Waals surface area contributed by atoms with Gasteiger partial charge in [-0.25, -0.2) is 4.98 Å². The van der Waals surface area contributed by atoms with Gasteiger partial charge in [0.25, 0.3) is 0 Å². The first-order chi connectivity index (χ1) is 22.8. The van der Waals surface area contributed by atoms with Crippen molar-refractivity contribution in [3.63, 3.8) is 0 Å². The highest BCUT2D eigenvalue weighted by molar-refractivity contribution is 6.12. The molecule has 0 spiro atoms. The number of para-hydroxylation sites is 2. The molecule has 0 saturated heterocycles. The molecule has 10 aromatic rings. The predicted octanol–water partition coefficient (Wildman–Crippen LogP) is 10.6. The fourth-order valence-corrected chi connectivity index (χ4v) is 7.32. The van der Waals surface area contributed by atoms with Crippen molar-refractivity contribution < 1.29 is 0 Å². The Morgan fingerprint density at radius 1 is 0.413 bits per heavy atom. The SMILES string of the molecule is c1ccc2c(-n3c4ccccc4c4ccc(-n5c6ccccc6c6ccc(-c7nccc8ccccc78)cc65)nc43)cccc2c1. The lowest BCUT2D eigenvalue weighted by Crippen LogP contribution is -2.01. The maximum atomic E-state index is 5.50. The molecule has 4 heterocycles. The molecule has 10 rings (SSSR count). The van der Waals surface area contributed by atoms with E-state index in [-0.39, 0.29) is 0 Å². The van der Waals surface area contributed by atoms with Crippen molar-refractivity contribution in [2.24, 2.45) is 0 Å². The van der Waals surface area contributed by atoms with Crippen molar-refractivity contribution in [1.82, 2.24) is 19.1 Å². The van der Waals surface area contributed by atoms with Crippen LogP contribution in [0.25, 0.3) is 88.0 Å². The Balaban J connectivity index is 1.29. The topological polar surface area (TPSA) is 35.6 Å². The molecule has 46 heavy (non-hydrogen) atoms. The zero-order chi connectivity index (χ0) is 30.2. The van der Waals surface area contributed by atoms with Crippen molar-refractivity contribution in [2.45, 2.75) is 0 Å². The van der Waals surface area contributed by atoms with Gasteiger partial charge in [-0.15, -0.1) is 0 Å². The van der Waals surface area contributed by atoms with E-state index in [2.05, 4.69) is 161 Å². The number of hydrogen-bond acceptors (Lipinski definition) is 2. The molecule has 0 atom stereocenters. The molecule has 0 bridgehead atoms. The van der Waals surface area contributed by atoms with E-state index in [1.54, 1.807) is 0 Å². The minimum absolute atomic E-state index is 0.881. The van der Waals surface area contributed by atoms with Crippen LogP contribution < -0.4 is 0 Å². The van der Waals surface area contributed by atoms with Crippen LogP contribution in [0.5, 0.6) is 0 Å². The van der Waals surface area contributed by atoms with Gasteiger partial charge in [0.05, 0.1) is 27.9 Å². The third-order valence-electron chi connectivity index (χ3n) is 9.36. The second-order valence-corrected chi connectivity index (χ2v) is 11.9. The first-order valence-electron chi connectivity index (χ1n) is 15.6. The summed E-state index contributed by atoms with van der Waals surface area (Å²) < 4.78 is 4.64. The van der Waals surface area contributed by atoms with E-state index in [4.69, 9.17) is 9.97 Å². The Hall–Kier alpha value is -6.26. The number of benzene rings is 6. The summed E-state index contributed by atoms with van der Waals surface area (Å²) in [6.45, 7) is 0. The highest BCUT2D eigenvalue weighted by Crippen LogP contribution is 2.38. The molecular formula is C42H26N4. The monoisotopic (exact) mass is 586 g/mol. The van der Waals surface area contributed by atoms with E-state index in [0.717, 1.165) is 55.7 Å². The van der Waals surface area contributed by atoms with Gasteiger partial charge < -0.3 is 0 Å². The smallest absolute Gasteiger partial charge is 0.148 e. The Morgan fingerprint density at radius 3 is 1.85 bits per heavy atom. The lowest BCUT2D eigenvalue weighted by molar-refractivity contribution is 1.07. The number of hydrogen-bond donors (Lipinski definition) is 0. The Kier molecular flexibility index (Phi) is 5.25. The van der Waals surface area contributed by atoms with E-state index in [1.807, 2.05) is 6.20 Å². The van der Waals surface area contributed by atoms with Crippen molar-refractivity contribution in [3.8, 4) is 22.8 Å². The Morgan fingerprint density at radius 2 is 1.02 bits per heavy atom. The van der Waals surface area contributed by atoms with E-state index in [1.165, 1.54) is 32.3 Å². The first kappa shape index (κ1) is 25.1. The number of rotatable bonds is 3. The molecule has 4 nitrogen and oxygen atoms in total. The summed E-state index contributed by atoms with van der Waals surface area (Å²) >= 11 is 0. The summed E-state index contributed by atoms with van der Waals surface area (Å²) in [7, 11) is 0. The van der Waals surface area contributed by atoms with Crippen LogP contribution >= 0.6 is 0 Å². The van der Waals surface area contributed by atoms with Crippen LogP contribution in [-0.2, 0) is 0 Å². The number of nitrogens with zero attached hydrogens (tertiary/aromatic N) is 4. The highest BCUT2D eigenvalue weighted by Gasteiger charge is 2.19. The van der Waals surface area contributed by atoms with Crippen molar-refractivity contribution in [1.29, 1.82) is 0 Å². The normalized spacial score (nSPS) is 11.9. The average Bonchev–Trinajstić information content (AvgIpc) is 3.63. The molecule has 0 aliphatic rings. The van der Waals surface area contributed by atoms with E-state index in [0.29, 0.717) is 0 Å². The maximum absolute atomic E-state index is 5.50. The Labute approximate surface area is 264 Å². The van der Waals surface area contributed by atoms with Crippen molar-refractivity contribution >= 4 is 65.3 Å². The summed E-state index contributed by atoms with van der Waals surface area (Å²) in [5, 5.41) is 9.45. The second kappa shape index (κ2) is 9.62. The summed E-state index contributed by atoms with van der Waals surface area (Å²) in [5.41, 5.74) is 7.50.